The zero-order valence-electron chi connectivity index (χ0n) is 14.4. The van der Waals surface area contributed by atoms with Crippen LogP contribution in [0.25, 0.3) is 0 Å². The molecule has 18 heavy (non-hydrogen) atoms. The summed E-state index contributed by atoms with van der Waals surface area (Å²) in [5.74, 6) is 0. The van der Waals surface area contributed by atoms with E-state index in [1.165, 1.54) is 0 Å². The van der Waals surface area contributed by atoms with E-state index in [0.29, 0.717) is 3.91 Å². The molecule has 0 aromatic rings. The van der Waals surface area contributed by atoms with E-state index in [9.17, 15) is 5.26 Å². The largest absolute Gasteiger partial charge is 0.207 e. The highest BCUT2D eigenvalue weighted by atomic mass is 28.5. The highest BCUT2D eigenvalue weighted by Gasteiger charge is 2.67. The lowest BCUT2D eigenvalue weighted by molar-refractivity contribution is 1.18. The third kappa shape index (κ3) is 2.49. The molecule has 5 heteroatoms. The van der Waals surface area contributed by atoms with E-state index in [1.54, 1.807) is 0 Å². The first-order valence-electron chi connectivity index (χ1n) is 6.97. The quantitative estimate of drug-likeness (QED) is 0.660. The molecule has 0 bridgehead atoms. The lowest BCUT2D eigenvalue weighted by Gasteiger charge is -2.63. The van der Waals surface area contributed by atoms with Crippen LogP contribution in [0.5, 0.6) is 0 Å². The van der Waals surface area contributed by atoms with Crippen LogP contribution in [-0.4, -0.2) is 32.3 Å². The SMILES string of the molecule is C[Si](C)(C)C([Si](C)(C)C)([Si](C)(C)C)[Si](C)(C)C#N. The maximum atomic E-state index is 9.90. The van der Waals surface area contributed by atoms with Gasteiger partial charge in [0.15, 0.2) is 8.07 Å². The number of nitriles is 1. The van der Waals surface area contributed by atoms with E-state index < -0.39 is 32.3 Å². The van der Waals surface area contributed by atoms with Gasteiger partial charge < -0.3 is 0 Å². The summed E-state index contributed by atoms with van der Waals surface area (Å²) in [6.45, 7) is 27.4. The summed E-state index contributed by atoms with van der Waals surface area (Å²) < 4.78 is 0.453. The first-order valence-corrected chi connectivity index (χ1v) is 20.5. The van der Waals surface area contributed by atoms with E-state index in [0.717, 1.165) is 0 Å². The molecule has 0 fully saturated rings. The molecule has 0 aliphatic carbocycles. The van der Waals surface area contributed by atoms with Crippen molar-refractivity contribution >= 4 is 32.3 Å². The van der Waals surface area contributed by atoms with Crippen molar-refractivity contribution in [3.63, 3.8) is 0 Å². The Labute approximate surface area is 119 Å². The van der Waals surface area contributed by atoms with Crippen LogP contribution in [0.1, 0.15) is 0 Å². The molecule has 0 aliphatic heterocycles. The van der Waals surface area contributed by atoms with Gasteiger partial charge in [-0.3, -0.25) is 0 Å². The van der Waals surface area contributed by atoms with Gasteiger partial charge in [0, 0.05) is 29.9 Å². The number of hydrogen-bond acceptors (Lipinski definition) is 1. The molecule has 1 nitrogen and oxygen atoms in total. The lowest BCUT2D eigenvalue weighted by Crippen LogP contribution is -2.75. The second kappa shape index (κ2) is 4.72. The second-order valence-corrected chi connectivity index (χ2v) is 32.2. The van der Waals surface area contributed by atoms with Gasteiger partial charge in [-0.2, -0.15) is 0 Å². The minimum Gasteiger partial charge on any atom is -0.207 e. The van der Waals surface area contributed by atoms with Gasteiger partial charge in [0.2, 0.25) is 0 Å². The fourth-order valence-corrected chi connectivity index (χ4v) is 56.4. The van der Waals surface area contributed by atoms with Crippen LogP contribution >= 0.6 is 0 Å². The normalized spacial score (nSPS) is 15.4. The summed E-state index contributed by atoms with van der Waals surface area (Å²) in [5.41, 5.74) is 2.84. The average molecular weight is 316 g/mol. The van der Waals surface area contributed by atoms with Gasteiger partial charge in [-0.15, -0.1) is 0 Å². The molecule has 0 aliphatic rings. The molecular weight excluding hydrogens is 282 g/mol. The van der Waals surface area contributed by atoms with Gasteiger partial charge in [-0.1, -0.05) is 72.0 Å². The Morgan fingerprint density at radius 1 is 0.611 bits per heavy atom. The second-order valence-electron chi connectivity index (χ2n) is 9.24. The van der Waals surface area contributed by atoms with Gasteiger partial charge in [0.25, 0.3) is 0 Å². The van der Waals surface area contributed by atoms with Crippen LogP contribution in [0.4, 0.5) is 0 Å². The molecule has 0 N–H and O–H groups in total. The Balaban J connectivity index is 6.60. The Hall–Kier alpha value is 0.358. The predicted octanol–water partition coefficient (Wildman–Crippen LogP) is 5.13. The molecular formula is C13H33NSi4. The molecule has 0 atom stereocenters. The zero-order valence-corrected chi connectivity index (χ0v) is 18.4. The average Bonchev–Trinajstić information content (AvgIpc) is 1.94. The fraction of sp³-hybridized carbons (Fsp3) is 0.923. The molecule has 106 valence electrons. The molecule has 0 radical (unpaired) electrons. The summed E-state index contributed by atoms with van der Waals surface area (Å²) >= 11 is 0. The van der Waals surface area contributed by atoms with Gasteiger partial charge in [-0.25, -0.2) is 5.26 Å². The fourth-order valence-electron chi connectivity index (χ4n) is 6.27. The summed E-state index contributed by atoms with van der Waals surface area (Å²) in [4.78, 5) is 0. The molecule has 0 aromatic heterocycles. The van der Waals surface area contributed by atoms with E-state index in [4.69, 9.17) is 0 Å². The van der Waals surface area contributed by atoms with Crippen LogP contribution < -0.4 is 0 Å². The van der Waals surface area contributed by atoms with E-state index in [1.807, 2.05) is 0 Å². The Morgan fingerprint density at radius 2 is 0.833 bits per heavy atom. The van der Waals surface area contributed by atoms with Crippen molar-refractivity contribution in [2.24, 2.45) is 0 Å². The van der Waals surface area contributed by atoms with Crippen LogP contribution in [0.2, 0.25) is 75.9 Å². The topological polar surface area (TPSA) is 23.8 Å². The first-order chi connectivity index (χ1) is 7.56. The predicted molar refractivity (Wildman–Crippen MR) is 95.8 cm³/mol. The van der Waals surface area contributed by atoms with Gasteiger partial charge >= 0.3 is 0 Å². The third-order valence-corrected chi connectivity index (χ3v) is 39.7. The molecule has 0 spiro atoms. The summed E-state index contributed by atoms with van der Waals surface area (Å²) in [7, 11) is -6.08. The lowest BCUT2D eigenvalue weighted by atomic mass is 11.6. The molecule has 0 saturated heterocycles. The monoisotopic (exact) mass is 315 g/mol. The molecule has 0 heterocycles. The van der Waals surface area contributed by atoms with E-state index in [2.05, 4.69) is 77.7 Å². The van der Waals surface area contributed by atoms with Crippen molar-refractivity contribution in [2.75, 3.05) is 0 Å². The van der Waals surface area contributed by atoms with Gasteiger partial charge in [0.05, 0.1) is 0 Å². The smallest absolute Gasteiger partial charge is 0.166 e. The number of rotatable bonds is 4. The highest BCUT2D eigenvalue weighted by molar-refractivity contribution is 7.30. The standard InChI is InChI=1S/C13H33NSi4/c1-15(2,3)13(16(4,5)6,17(7,8)9)18(10,11)12-14/h1-11H3. The summed E-state index contributed by atoms with van der Waals surface area (Å²) in [5, 5.41) is 9.90. The van der Waals surface area contributed by atoms with Crippen LogP contribution in [0, 0.1) is 11.0 Å². The van der Waals surface area contributed by atoms with Crippen molar-refractivity contribution in [2.45, 2.75) is 75.9 Å². The van der Waals surface area contributed by atoms with Crippen molar-refractivity contribution in [1.82, 2.24) is 0 Å². The molecule has 0 aromatic carbocycles. The number of nitrogens with zero attached hydrogens (tertiary/aromatic N) is 1. The molecule has 0 unspecified atom stereocenters. The van der Waals surface area contributed by atoms with Crippen molar-refractivity contribution in [3.05, 3.63) is 0 Å². The Bertz CT molecular complexity index is 311. The highest BCUT2D eigenvalue weighted by Crippen LogP contribution is 2.59. The van der Waals surface area contributed by atoms with E-state index in [-0.39, 0.29) is 0 Å². The first kappa shape index (κ1) is 18.4. The van der Waals surface area contributed by atoms with Gasteiger partial charge in [-0.05, 0) is 3.91 Å². The number of hydrogen-bond donors (Lipinski definition) is 0. The molecule has 0 rings (SSSR count). The van der Waals surface area contributed by atoms with E-state index >= 15 is 0 Å². The van der Waals surface area contributed by atoms with Crippen LogP contribution in [-0.2, 0) is 0 Å². The summed E-state index contributed by atoms with van der Waals surface area (Å²) in [6, 6.07) is 0. The minimum atomic E-state index is -1.87. The maximum absolute atomic E-state index is 9.90. The van der Waals surface area contributed by atoms with Crippen molar-refractivity contribution < 1.29 is 0 Å². The van der Waals surface area contributed by atoms with Crippen LogP contribution in [0.3, 0.4) is 0 Å². The Morgan fingerprint density at radius 3 is 0.889 bits per heavy atom. The third-order valence-electron chi connectivity index (χ3n) is 4.59. The minimum absolute atomic E-state index is 0.453. The Kier molecular flexibility index (Phi) is 4.82. The maximum Gasteiger partial charge on any atom is 0.166 e. The van der Waals surface area contributed by atoms with Crippen molar-refractivity contribution in [3.8, 4) is 5.69 Å². The van der Waals surface area contributed by atoms with Gasteiger partial charge in [0.1, 0.15) is 0 Å². The van der Waals surface area contributed by atoms with Crippen LogP contribution in [0.15, 0.2) is 0 Å². The molecule has 0 amide bonds. The zero-order chi connectivity index (χ0) is 15.2. The summed E-state index contributed by atoms with van der Waals surface area (Å²) in [6.07, 6.45) is 0. The molecule has 0 saturated carbocycles. The van der Waals surface area contributed by atoms with Crippen molar-refractivity contribution in [1.29, 1.82) is 5.26 Å².